The number of hydrazone groups is 1. The molecule has 23 heavy (non-hydrogen) atoms. The van der Waals surface area contributed by atoms with E-state index in [1.807, 2.05) is 6.92 Å². The minimum Gasteiger partial charge on any atom is -0.267 e. The van der Waals surface area contributed by atoms with Gasteiger partial charge in [-0.05, 0) is 30.7 Å². The second kappa shape index (κ2) is 7.04. The zero-order chi connectivity index (χ0) is 16.9. The lowest BCUT2D eigenvalue weighted by molar-refractivity contribution is -0.137. The molecule has 1 aromatic heterocycles. The number of nitrogens with one attached hydrogen (secondary N) is 1. The molecule has 1 amide bonds. The number of amides is 1. The second-order valence-electron chi connectivity index (χ2n) is 4.67. The third-order valence-corrected chi connectivity index (χ3v) is 3.07. The molecule has 1 aromatic carbocycles. The highest BCUT2D eigenvalue weighted by molar-refractivity contribution is 6.01. The molecule has 0 spiro atoms. The van der Waals surface area contributed by atoms with Gasteiger partial charge in [0.05, 0.1) is 11.3 Å². The maximum atomic E-state index is 12.7. The van der Waals surface area contributed by atoms with Crippen molar-refractivity contribution in [2.75, 3.05) is 0 Å². The quantitative estimate of drug-likeness (QED) is 0.690. The fraction of sp³-hybridized carbons (Fsp3) is 0.188. The predicted molar refractivity (Wildman–Crippen MR) is 80.0 cm³/mol. The van der Waals surface area contributed by atoms with Gasteiger partial charge in [0.25, 0.3) is 5.91 Å². The van der Waals surface area contributed by atoms with Gasteiger partial charge in [-0.15, -0.1) is 0 Å². The molecular formula is C16H14F3N3O. The zero-order valence-corrected chi connectivity index (χ0v) is 12.3. The number of hydrogen-bond acceptors (Lipinski definition) is 3. The van der Waals surface area contributed by atoms with E-state index in [1.54, 1.807) is 24.5 Å². The summed E-state index contributed by atoms with van der Waals surface area (Å²) in [6.07, 6.45) is -0.755. The number of rotatable bonds is 4. The highest BCUT2D eigenvalue weighted by Crippen LogP contribution is 2.29. The van der Waals surface area contributed by atoms with E-state index in [0.29, 0.717) is 12.1 Å². The van der Waals surface area contributed by atoms with E-state index in [4.69, 9.17) is 0 Å². The highest BCUT2D eigenvalue weighted by atomic mass is 19.4. The Morgan fingerprint density at radius 2 is 1.96 bits per heavy atom. The Morgan fingerprint density at radius 3 is 2.57 bits per heavy atom. The van der Waals surface area contributed by atoms with E-state index < -0.39 is 17.6 Å². The number of hydrogen-bond donors (Lipinski definition) is 1. The molecule has 2 rings (SSSR count). The van der Waals surface area contributed by atoms with E-state index in [1.165, 1.54) is 12.1 Å². The van der Waals surface area contributed by atoms with Crippen molar-refractivity contribution >= 4 is 11.6 Å². The first-order chi connectivity index (χ1) is 10.9. The molecule has 1 N–H and O–H groups in total. The number of halogens is 3. The maximum Gasteiger partial charge on any atom is 0.416 e. The molecular weight excluding hydrogens is 307 g/mol. The van der Waals surface area contributed by atoms with Crippen LogP contribution in [0.5, 0.6) is 0 Å². The van der Waals surface area contributed by atoms with Crippen molar-refractivity contribution < 1.29 is 18.0 Å². The molecule has 2 aromatic rings. The van der Waals surface area contributed by atoms with Crippen LogP contribution in [-0.4, -0.2) is 16.6 Å². The maximum absolute atomic E-state index is 12.7. The Kier molecular flexibility index (Phi) is 5.10. The average molecular weight is 321 g/mol. The lowest BCUT2D eigenvalue weighted by Gasteiger charge is -2.08. The van der Waals surface area contributed by atoms with Crippen LogP contribution < -0.4 is 5.43 Å². The van der Waals surface area contributed by atoms with Gasteiger partial charge in [-0.3, -0.25) is 9.78 Å². The molecule has 0 saturated heterocycles. The summed E-state index contributed by atoms with van der Waals surface area (Å²) >= 11 is 0. The van der Waals surface area contributed by atoms with Crippen molar-refractivity contribution in [2.24, 2.45) is 5.10 Å². The molecule has 0 aliphatic carbocycles. The molecule has 1 heterocycles. The van der Waals surface area contributed by atoms with E-state index in [0.717, 1.165) is 17.7 Å². The second-order valence-corrected chi connectivity index (χ2v) is 4.67. The first-order valence-electron chi connectivity index (χ1n) is 6.86. The van der Waals surface area contributed by atoms with Crippen LogP contribution in [0.25, 0.3) is 0 Å². The Labute approximate surface area is 131 Å². The minimum absolute atomic E-state index is 0.106. The van der Waals surface area contributed by atoms with Crippen LogP contribution in [0.1, 0.15) is 34.8 Å². The van der Waals surface area contributed by atoms with Gasteiger partial charge >= 0.3 is 6.18 Å². The molecule has 0 saturated carbocycles. The van der Waals surface area contributed by atoms with Crippen molar-refractivity contribution in [2.45, 2.75) is 19.5 Å². The first kappa shape index (κ1) is 16.7. The molecule has 120 valence electrons. The third kappa shape index (κ3) is 4.38. The Balaban J connectivity index is 2.17. The highest BCUT2D eigenvalue weighted by Gasteiger charge is 2.30. The number of benzene rings is 1. The molecule has 7 heteroatoms. The van der Waals surface area contributed by atoms with Crippen molar-refractivity contribution in [1.29, 1.82) is 0 Å². The van der Waals surface area contributed by atoms with Gasteiger partial charge in [0, 0.05) is 23.5 Å². The van der Waals surface area contributed by atoms with Gasteiger partial charge in [-0.2, -0.15) is 18.3 Å². The van der Waals surface area contributed by atoms with E-state index in [9.17, 15) is 18.0 Å². The Hall–Kier alpha value is -2.70. The Morgan fingerprint density at radius 1 is 1.22 bits per heavy atom. The molecule has 0 aliphatic rings. The van der Waals surface area contributed by atoms with Gasteiger partial charge in [0.2, 0.25) is 0 Å². The lowest BCUT2D eigenvalue weighted by Crippen LogP contribution is -2.20. The smallest absolute Gasteiger partial charge is 0.267 e. The van der Waals surface area contributed by atoms with Crippen molar-refractivity contribution in [3.05, 3.63) is 65.5 Å². The standard InChI is InChI=1S/C16H14F3N3O/c1-2-14(12-6-4-8-20-10-12)21-22-15(23)11-5-3-7-13(9-11)16(17,18)19/h3-10H,2H2,1H3,(H,22,23). The minimum atomic E-state index is -4.50. The average Bonchev–Trinajstić information content (AvgIpc) is 2.55. The van der Waals surface area contributed by atoms with E-state index >= 15 is 0 Å². The zero-order valence-electron chi connectivity index (χ0n) is 12.3. The topological polar surface area (TPSA) is 54.4 Å². The summed E-state index contributed by atoms with van der Waals surface area (Å²) in [4.78, 5) is 15.9. The van der Waals surface area contributed by atoms with Crippen LogP contribution >= 0.6 is 0 Å². The fourth-order valence-corrected chi connectivity index (χ4v) is 1.90. The summed E-state index contributed by atoms with van der Waals surface area (Å²) in [5.74, 6) is -0.703. The summed E-state index contributed by atoms with van der Waals surface area (Å²) in [5, 5.41) is 3.98. The van der Waals surface area contributed by atoms with E-state index in [-0.39, 0.29) is 5.56 Å². The van der Waals surface area contributed by atoms with Gasteiger partial charge in [-0.25, -0.2) is 5.43 Å². The summed E-state index contributed by atoms with van der Waals surface area (Å²) in [6, 6.07) is 7.70. The van der Waals surface area contributed by atoms with Crippen molar-refractivity contribution in [3.8, 4) is 0 Å². The molecule has 0 fully saturated rings. The van der Waals surface area contributed by atoms with Gasteiger partial charge < -0.3 is 0 Å². The number of carbonyl (C=O) groups excluding carboxylic acids is 1. The number of carbonyl (C=O) groups is 1. The monoisotopic (exact) mass is 321 g/mol. The van der Waals surface area contributed by atoms with Crippen LogP contribution in [0.15, 0.2) is 53.9 Å². The molecule has 4 nitrogen and oxygen atoms in total. The summed E-state index contributed by atoms with van der Waals surface area (Å²) in [6.45, 7) is 1.85. The van der Waals surface area contributed by atoms with Gasteiger partial charge in [0.1, 0.15) is 0 Å². The first-order valence-corrected chi connectivity index (χ1v) is 6.86. The fourth-order valence-electron chi connectivity index (χ4n) is 1.90. The van der Waals surface area contributed by atoms with Crippen molar-refractivity contribution in [1.82, 2.24) is 10.4 Å². The molecule has 0 unspecified atom stereocenters. The van der Waals surface area contributed by atoms with Crippen LogP contribution in [0, 0.1) is 0 Å². The molecule has 0 bridgehead atoms. The number of alkyl halides is 3. The largest absolute Gasteiger partial charge is 0.416 e. The van der Waals surface area contributed by atoms with Gasteiger partial charge in [-0.1, -0.05) is 19.1 Å². The van der Waals surface area contributed by atoms with E-state index in [2.05, 4.69) is 15.5 Å². The predicted octanol–water partition coefficient (Wildman–Crippen LogP) is 3.64. The normalized spacial score (nSPS) is 12.1. The van der Waals surface area contributed by atoms with Crippen LogP contribution in [0.2, 0.25) is 0 Å². The summed E-state index contributed by atoms with van der Waals surface area (Å²) in [5.41, 5.74) is 2.61. The summed E-state index contributed by atoms with van der Waals surface area (Å²) < 4.78 is 38.0. The lowest BCUT2D eigenvalue weighted by atomic mass is 10.1. The van der Waals surface area contributed by atoms with Crippen molar-refractivity contribution in [3.63, 3.8) is 0 Å². The molecule has 0 radical (unpaired) electrons. The Bertz CT molecular complexity index is 712. The van der Waals surface area contributed by atoms with Crippen LogP contribution in [0.3, 0.4) is 0 Å². The number of aromatic nitrogens is 1. The SMILES string of the molecule is CCC(=NNC(=O)c1cccc(C(F)(F)F)c1)c1cccnc1. The molecule has 0 aliphatic heterocycles. The number of pyridine rings is 1. The van der Waals surface area contributed by atoms with Gasteiger partial charge in [0.15, 0.2) is 0 Å². The summed E-state index contributed by atoms with van der Waals surface area (Å²) in [7, 11) is 0. The third-order valence-electron chi connectivity index (χ3n) is 3.07. The van der Waals surface area contributed by atoms with Crippen LogP contribution in [0.4, 0.5) is 13.2 Å². The van der Waals surface area contributed by atoms with Crippen LogP contribution in [-0.2, 0) is 6.18 Å². The molecule has 0 atom stereocenters. The number of nitrogens with zero attached hydrogens (tertiary/aromatic N) is 2.